The molecule has 0 heterocycles. The number of nitrogens with one attached hydrogen (secondary N) is 1. The van der Waals surface area contributed by atoms with Gasteiger partial charge in [0.2, 0.25) is 5.91 Å². The summed E-state index contributed by atoms with van der Waals surface area (Å²) in [5, 5.41) is 3.12. The first-order chi connectivity index (χ1) is 14.4. The highest BCUT2D eigenvalue weighted by Gasteiger charge is 2.40. The van der Waals surface area contributed by atoms with Crippen LogP contribution in [0.1, 0.15) is 43.7 Å². The molecule has 0 saturated heterocycles. The molecule has 0 aliphatic heterocycles. The second-order valence-electron chi connectivity index (χ2n) is 8.69. The molecule has 0 spiro atoms. The number of hydrogen-bond donors (Lipinski definition) is 1. The van der Waals surface area contributed by atoms with Crippen molar-refractivity contribution in [3.05, 3.63) is 59.7 Å². The molecule has 4 rings (SSSR count). The van der Waals surface area contributed by atoms with E-state index in [1.807, 2.05) is 19.1 Å². The number of nitrogens with zero attached hydrogens (tertiary/aromatic N) is 1. The average molecular weight is 427 g/mol. The van der Waals surface area contributed by atoms with Crippen molar-refractivity contribution in [3.8, 4) is 0 Å². The highest BCUT2D eigenvalue weighted by Crippen LogP contribution is 2.44. The maximum Gasteiger partial charge on any atom is 0.264 e. The van der Waals surface area contributed by atoms with Gasteiger partial charge in [-0.3, -0.25) is 9.10 Å². The smallest absolute Gasteiger partial charge is 0.264 e. The fourth-order valence-corrected chi connectivity index (χ4v) is 6.28. The van der Waals surface area contributed by atoms with Crippen LogP contribution in [0.25, 0.3) is 0 Å². The van der Waals surface area contributed by atoms with E-state index in [9.17, 15) is 13.2 Å². The highest BCUT2D eigenvalue weighted by atomic mass is 32.2. The normalized spacial score (nSPS) is 22.8. The first-order valence-corrected chi connectivity index (χ1v) is 12.3. The minimum atomic E-state index is -3.86. The van der Waals surface area contributed by atoms with Crippen LogP contribution in [-0.4, -0.2) is 26.9 Å². The molecule has 0 unspecified atom stereocenters. The molecule has 2 aromatic rings. The molecule has 6 heteroatoms. The second-order valence-corrected chi connectivity index (χ2v) is 10.6. The molecule has 0 radical (unpaired) electrons. The molecule has 3 atom stereocenters. The van der Waals surface area contributed by atoms with Crippen molar-refractivity contribution in [2.75, 3.05) is 10.8 Å². The fraction of sp³-hybridized carbons (Fsp3) is 0.458. The number of sulfonamides is 1. The Hall–Kier alpha value is -2.34. The fourth-order valence-electron chi connectivity index (χ4n) is 4.85. The third-order valence-electron chi connectivity index (χ3n) is 6.61. The van der Waals surface area contributed by atoms with Gasteiger partial charge in [-0.25, -0.2) is 8.42 Å². The molecule has 5 nitrogen and oxygen atoms in total. The van der Waals surface area contributed by atoms with Crippen LogP contribution in [0.2, 0.25) is 0 Å². The Bertz CT molecular complexity index is 1000. The largest absolute Gasteiger partial charge is 0.352 e. The van der Waals surface area contributed by atoms with Crippen molar-refractivity contribution in [2.24, 2.45) is 11.8 Å². The summed E-state index contributed by atoms with van der Waals surface area (Å²) < 4.78 is 28.1. The van der Waals surface area contributed by atoms with Crippen molar-refractivity contribution >= 4 is 21.6 Å². The number of aryl methyl sites for hydroxylation is 2. The summed E-state index contributed by atoms with van der Waals surface area (Å²) in [4.78, 5) is 13.1. The van der Waals surface area contributed by atoms with Crippen molar-refractivity contribution in [1.82, 2.24) is 5.32 Å². The molecular formula is C24H30N2O3S. The minimum absolute atomic E-state index is 0.183. The van der Waals surface area contributed by atoms with E-state index in [1.165, 1.54) is 23.6 Å². The third-order valence-corrected chi connectivity index (χ3v) is 8.40. The lowest BCUT2D eigenvalue weighted by Crippen LogP contribution is -2.46. The average Bonchev–Trinajstić information content (AvgIpc) is 3.35. The number of fused-ring (bicyclic) bond motifs is 2. The van der Waals surface area contributed by atoms with E-state index >= 15 is 0 Å². The van der Waals surface area contributed by atoms with Gasteiger partial charge >= 0.3 is 0 Å². The SMILES string of the molecule is CCc1ccc(N(CC(=O)N[C@H]2C[C@@H]3CC[C@@H]2C3)S(=O)(=O)c2ccc(C)cc2)cc1. The van der Waals surface area contributed by atoms with Gasteiger partial charge in [-0.2, -0.15) is 0 Å². The Labute approximate surface area is 179 Å². The molecule has 30 heavy (non-hydrogen) atoms. The van der Waals surface area contributed by atoms with Crippen LogP contribution in [0.5, 0.6) is 0 Å². The second kappa shape index (κ2) is 8.42. The molecule has 1 amide bonds. The number of rotatable bonds is 7. The maximum absolute atomic E-state index is 13.4. The molecule has 2 fully saturated rings. The van der Waals surface area contributed by atoms with Crippen LogP contribution in [0.15, 0.2) is 53.4 Å². The lowest BCUT2D eigenvalue weighted by atomic mass is 9.95. The summed E-state index contributed by atoms with van der Waals surface area (Å²) in [5.41, 5.74) is 2.62. The number of amides is 1. The van der Waals surface area contributed by atoms with Crippen LogP contribution in [0.4, 0.5) is 5.69 Å². The van der Waals surface area contributed by atoms with Gasteiger partial charge in [0.1, 0.15) is 6.54 Å². The van der Waals surface area contributed by atoms with Crippen LogP contribution >= 0.6 is 0 Å². The quantitative estimate of drug-likeness (QED) is 0.726. The Kier molecular flexibility index (Phi) is 5.87. The van der Waals surface area contributed by atoms with E-state index in [2.05, 4.69) is 12.2 Å². The molecule has 2 aromatic carbocycles. The zero-order valence-corrected chi connectivity index (χ0v) is 18.5. The Morgan fingerprint density at radius 1 is 1.03 bits per heavy atom. The molecule has 0 aromatic heterocycles. The first kappa shape index (κ1) is 20.9. The van der Waals surface area contributed by atoms with Crippen LogP contribution in [0, 0.1) is 18.8 Å². The van der Waals surface area contributed by atoms with E-state index in [4.69, 9.17) is 0 Å². The number of anilines is 1. The molecule has 1 N–H and O–H groups in total. The zero-order valence-electron chi connectivity index (χ0n) is 17.7. The molecule has 2 aliphatic rings. The number of benzene rings is 2. The standard InChI is InChI=1S/C24H30N2O3S/c1-3-18-7-10-21(11-8-18)26(30(28,29)22-12-4-17(2)5-13-22)16-24(27)25-23-15-19-6-9-20(23)14-19/h4-5,7-8,10-13,19-20,23H,3,6,9,14-16H2,1-2H3,(H,25,27)/t19-,20-,23+/m1/s1. The highest BCUT2D eigenvalue weighted by molar-refractivity contribution is 7.92. The van der Waals surface area contributed by atoms with E-state index in [0.717, 1.165) is 24.0 Å². The Morgan fingerprint density at radius 2 is 1.73 bits per heavy atom. The van der Waals surface area contributed by atoms with Gasteiger partial charge in [0.05, 0.1) is 10.6 Å². The van der Waals surface area contributed by atoms with Crippen molar-refractivity contribution < 1.29 is 13.2 Å². The summed E-state index contributed by atoms with van der Waals surface area (Å²) in [6, 6.07) is 14.4. The van der Waals surface area contributed by atoms with Gasteiger partial charge in [0, 0.05) is 6.04 Å². The van der Waals surface area contributed by atoms with Crippen LogP contribution in [0.3, 0.4) is 0 Å². The van der Waals surface area contributed by atoms with Crippen LogP contribution < -0.4 is 9.62 Å². The molecule has 2 bridgehead atoms. The summed E-state index contributed by atoms with van der Waals surface area (Å²) in [7, 11) is -3.86. The predicted molar refractivity (Wildman–Crippen MR) is 119 cm³/mol. The first-order valence-electron chi connectivity index (χ1n) is 10.8. The van der Waals surface area contributed by atoms with E-state index < -0.39 is 10.0 Å². The number of carbonyl (C=O) groups excluding carboxylic acids is 1. The van der Waals surface area contributed by atoms with Gasteiger partial charge < -0.3 is 5.32 Å². The van der Waals surface area contributed by atoms with E-state index in [1.54, 1.807) is 36.4 Å². The topological polar surface area (TPSA) is 66.5 Å². The molecular weight excluding hydrogens is 396 g/mol. The maximum atomic E-state index is 13.4. The van der Waals surface area contributed by atoms with E-state index in [0.29, 0.717) is 17.5 Å². The number of hydrogen-bond acceptors (Lipinski definition) is 3. The molecule has 160 valence electrons. The Balaban J connectivity index is 1.59. The van der Waals surface area contributed by atoms with Crippen molar-refractivity contribution in [1.29, 1.82) is 0 Å². The monoisotopic (exact) mass is 426 g/mol. The van der Waals surface area contributed by atoms with Gasteiger partial charge in [-0.1, -0.05) is 43.2 Å². The van der Waals surface area contributed by atoms with E-state index in [-0.39, 0.29) is 23.4 Å². The predicted octanol–water partition coefficient (Wildman–Crippen LogP) is 4.06. The lowest BCUT2D eigenvalue weighted by Gasteiger charge is -2.27. The van der Waals surface area contributed by atoms with Gasteiger partial charge in [-0.15, -0.1) is 0 Å². The van der Waals surface area contributed by atoms with Crippen molar-refractivity contribution in [2.45, 2.75) is 56.9 Å². The summed E-state index contributed by atoms with van der Waals surface area (Å²) in [6.45, 7) is 3.76. The Morgan fingerprint density at radius 3 is 2.30 bits per heavy atom. The zero-order chi connectivity index (χ0) is 21.3. The summed E-state index contributed by atoms with van der Waals surface area (Å²) >= 11 is 0. The number of carbonyl (C=O) groups is 1. The summed E-state index contributed by atoms with van der Waals surface area (Å²) in [5.74, 6) is 1.03. The molecule has 2 saturated carbocycles. The van der Waals surface area contributed by atoms with Gasteiger partial charge in [0.15, 0.2) is 0 Å². The van der Waals surface area contributed by atoms with Gasteiger partial charge in [0.25, 0.3) is 10.0 Å². The molecule has 2 aliphatic carbocycles. The lowest BCUT2D eigenvalue weighted by molar-refractivity contribution is -0.120. The third kappa shape index (κ3) is 4.24. The van der Waals surface area contributed by atoms with Crippen LogP contribution in [-0.2, 0) is 21.2 Å². The summed E-state index contributed by atoms with van der Waals surface area (Å²) in [6.07, 6.45) is 5.51. The minimum Gasteiger partial charge on any atom is -0.352 e. The van der Waals surface area contributed by atoms with Gasteiger partial charge in [-0.05, 0) is 74.3 Å². The van der Waals surface area contributed by atoms with Crippen molar-refractivity contribution in [3.63, 3.8) is 0 Å².